The summed E-state index contributed by atoms with van der Waals surface area (Å²) >= 11 is 5.08. The van der Waals surface area contributed by atoms with Crippen LogP contribution >= 0.6 is 12.2 Å². The smallest absolute Gasteiger partial charge is 0.269 e. The van der Waals surface area contributed by atoms with Gasteiger partial charge in [0.1, 0.15) is 12.4 Å². The van der Waals surface area contributed by atoms with Gasteiger partial charge < -0.3 is 4.74 Å². The number of hydrazine groups is 1. The fourth-order valence-electron chi connectivity index (χ4n) is 2.45. The van der Waals surface area contributed by atoms with Gasteiger partial charge in [-0.3, -0.25) is 31.1 Å². The summed E-state index contributed by atoms with van der Waals surface area (Å²) in [5, 5.41) is 13.3. The van der Waals surface area contributed by atoms with E-state index in [9.17, 15) is 14.9 Å². The molecular formula is C21H18N4O4S. The number of carbonyl (C=O) groups excluding carboxylic acids is 1. The average Bonchev–Trinajstić information content (AvgIpc) is 2.77. The molecule has 0 heterocycles. The van der Waals surface area contributed by atoms with Crippen LogP contribution in [0.5, 0.6) is 5.75 Å². The Bertz CT molecular complexity index is 1030. The monoisotopic (exact) mass is 422 g/mol. The number of nitro groups is 1. The van der Waals surface area contributed by atoms with Crippen molar-refractivity contribution in [3.8, 4) is 5.75 Å². The van der Waals surface area contributed by atoms with Crippen molar-refractivity contribution < 1.29 is 14.5 Å². The lowest BCUT2D eigenvalue weighted by Crippen LogP contribution is -2.41. The summed E-state index contributed by atoms with van der Waals surface area (Å²) in [7, 11) is 0. The molecule has 8 nitrogen and oxygen atoms in total. The second-order valence-electron chi connectivity index (χ2n) is 6.14. The Balaban J connectivity index is 1.46. The normalized spacial score (nSPS) is 10.0. The number of amides is 1. The zero-order chi connectivity index (χ0) is 21.3. The number of nitrogens with zero attached hydrogens (tertiary/aromatic N) is 1. The van der Waals surface area contributed by atoms with Crippen molar-refractivity contribution in [3.05, 3.63) is 100 Å². The van der Waals surface area contributed by atoms with Gasteiger partial charge >= 0.3 is 0 Å². The number of nitro benzene ring substituents is 1. The van der Waals surface area contributed by atoms with E-state index < -0.39 is 4.92 Å². The molecule has 3 rings (SSSR count). The molecule has 0 spiro atoms. The van der Waals surface area contributed by atoms with Gasteiger partial charge in [-0.05, 0) is 54.2 Å². The molecule has 1 amide bonds. The molecule has 0 saturated heterocycles. The van der Waals surface area contributed by atoms with Crippen LogP contribution < -0.4 is 20.9 Å². The molecule has 3 N–H and O–H groups in total. The molecule has 0 aromatic heterocycles. The second kappa shape index (κ2) is 9.99. The predicted octanol–water partition coefficient (Wildman–Crippen LogP) is 3.81. The number of nitrogens with one attached hydrogen (secondary N) is 3. The molecule has 0 fully saturated rings. The van der Waals surface area contributed by atoms with E-state index in [1.54, 1.807) is 24.3 Å². The van der Waals surface area contributed by atoms with Crippen LogP contribution in [-0.2, 0) is 6.61 Å². The lowest BCUT2D eigenvalue weighted by atomic mass is 10.2. The van der Waals surface area contributed by atoms with Crippen molar-refractivity contribution in [1.29, 1.82) is 0 Å². The van der Waals surface area contributed by atoms with Gasteiger partial charge in [0.25, 0.3) is 11.6 Å². The number of rotatable bonds is 7. The first-order valence-corrected chi connectivity index (χ1v) is 9.31. The number of thiocarbonyl (C=S) groups is 1. The fraction of sp³-hybridized carbons (Fsp3) is 0.0476. The van der Waals surface area contributed by atoms with Gasteiger partial charge in [0.05, 0.1) is 10.6 Å². The maximum absolute atomic E-state index is 12.3. The van der Waals surface area contributed by atoms with Crippen LogP contribution in [0.15, 0.2) is 78.9 Å². The van der Waals surface area contributed by atoms with Crippen LogP contribution in [-0.4, -0.2) is 15.9 Å². The van der Waals surface area contributed by atoms with Crippen LogP contribution in [0, 0.1) is 10.1 Å². The van der Waals surface area contributed by atoms with Crippen molar-refractivity contribution in [3.63, 3.8) is 0 Å². The summed E-state index contributed by atoms with van der Waals surface area (Å²) < 4.78 is 5.70. The number of ether oxygens (including phenoxy) is 1. The van der Waals surface area contributed by atoms with Gasteiger partial charge in [0.15, 0.2) is 5.11 Å². The summed E-state index contributed by atoms with van der Waals surface area (Å²) in [5.74, 6) is 0.267. The molecule has 3 aromatic rings. The fourth-order valence-corrected chi connectivity index (χ4v) is 2.59. The van der Waals surface area contributed by atoms with E-state index in [2.05, 4.69) is 16.2 Å². The lowest BCUT2D eigenvalue weighted by molar-refractivity contribution is -0.384. The van der Waals surface area contributed by atoms with Crippen molar-refractivity contribution in [2.45, 2.75) is 6.61 Å². The van der Waals surface area contributed by atoms with Crippen molar-refractivity contribution in [1.82, 2.24) is 10.7 Å². The highest BCUT2D eigenvalue weighted by atomic mass is 32.1. The maximum Gasteiger partial charge on any atom is 0.269 e. The summed E-state index contributed by atoms with van der Waals surface area (Å²) in [6.07, 6.45) is 0. The van der Waals surface area contributed by atoms with Gasteiger partial charge in [-0.25, -0.2) is 0 Å². The van der Waals surface area contributed by atoms with E-state index in [1.165, 1.54) is 24.3 Å². The lowest BCUT2D eigenvalue weighted by Gasteiger charge is -2.12. The van der Waals surface area contributed by atoms with Gasteiger partial charge in [-0.15, -0.1) is 0 Å². The molecule has 0 bridgehead atoms. The molecule has 30 heavy (non-hydrogen) atoms. The summed E-state index contributed by atoms with van der Waals surface area (Å²) in [6.45, 7) is 0.439. The Morgan fingerprint density at radius 1 is 0.967 bits per heavy atom. The molecule has 0 atom stereocenters. The zero-order valence-electron chi connectivity index (χ0n) is 15.7. The molecule has 0 saturated carbocycles. The van der Waals surface area contributed by atoms with E-state index >= 15 is 0 Å². The molecule has 0 radical (unpaired) electrons. The molecule has 0 aliphatic rings. The minimum Gasteiger partial charge on any atom is -0.489 e. The Labute approximate surface area is 178 Å². The van der Waals surface area contributed by atoms with Crippen LogP contribution in [0.25, 0.3) is 0 Å². The van der Waals surface area contributed by atoms with Crippen LogP contribution in [0.4, 0.5) is 11.4 Å². The van der Waals surface area contributed by atoms with Crippen LogP contribution in [0.3, 0.4) is 0 Å². The third-order valence-electron chi connectivity index (χ3n) is 3.99. The standard InChI is InChI=1S/C21H18N4O4S/c26-20(22-21(30)24-23-17-8-10-18(11-9-17)25(27)28)16-6-12-19(13-7-16)29-14-15-4-2-1-3-5-15/h1-13,23H,14H2,(H2,22,24,26,30). The van der Waals surface area contributed by atoms with E-state index in [-0.39, 0.29) is 16.7 Å². The first-order valence-electron chi connectivity index (χ1n) is 8.90. The molecule has 152 valence electrons. The number of non-ortho nitro benzene ring substituents is 1. The zero-order valence-corrected chi connectivity index (χ0v) is 16.5. The van der Waals surface area contributed by atoms with Gasteiger partial charge in [0.2, 0.25) is 0 Å². The predicted molar refractivity (Wildman–Crippen MR) is 117 cm³/mol. The number of benzene rings is 3. The number of hydrogen-bond acceptors (Lipinski definition) is 6. The minimum absolute atomic E-state index is 0.0207. The summed E-state index contributed by atoms with van der Waals surface area (Å²) in [6, 6.07) is 22.2. The maximum atomic E-state index is 12.3. The average molecular weight is 422 g/mol. The van der Waals surface area contributed by atoms with Crippen LogP contribution in [0.2, 0.25) is 0 Å². The molecule has 0 aliphatic heterocycles. The number of hydrogen-bond donors (Lipinski definition) is 3. The first-order chi connectivity index (χ1) is 14.5. The van der Waals surface area contributed by atoms with Crippen LogP contribution in [0.1, 0.15) is 15.9 Å². The number of anilines is 1. The largest absolute Gasteiger partial charge is 0.489 e. The molecule has 0 unspecified atom stereocenters. The summed E-state index contributed by atoms with van der Waals surface area (Å²) in [5.41, 5.74) is 7.42. The van der Waals surface area contributed by atoms with E-state index in [4.69, 9.17) is 17.0 Å². The van der Waals surface area contributed by atoms with Crippen molar-refractivity contribution in [2.24, 2.45) is 0 Å². The van der Waals surface area contributed by atoms with Gasteiger partial charge in [0, 0.05) is 17.7 Å². The molecular weight excluding hydrogens is 404 g/mol. The highest BCUT2D eigenvalue weighted by Crippen LogP contribution is 2.15. The Morgan fingerprint density at radius 2 is 1.63 bits per heavy atom. The molecule has 0 aliphatic carbocycles. The van der Waals surface area contributed by atoms with Crippen molar-refractivity contribution >= 4 is 34.6 Å². The third-order valence-corrected chi connectivity index (χ3v) is 4.19. The third kappa shape index (κ3) is 6.01. The van der Waals surface area contributed by atoms with E-state index in [1.807, 2.05) is 30.3 Å². The number of carbonyl (C=O) groups is 1. The Kier molecular flexibility index (Phi) is 6.91. The molecule has 3 aromatic carbocycles. The quantitative estimate of drug-likeness (QED) is 0.302. The highest BCUT2D eigenvalue weighted by molar-refractivity contribution is 7.80. The minimum atomic E-state index is -0.486. The van der Waals surface area contributed by atoms with Gasteiger partial charge in [-0.1, -0.05) is 30.3 Å². The first kappa shape index (κ1) is 20.7. The second-order valence-corrected chi connectivity index (χ2v) is 6.54. The van der Waals surface area contributed by atoms with Crippen molar-refractivity contribution in [2.75, 3.05) is 5.43 Å². The Morgan fingerprint density at radius 3 is 2.27 bits per heavy atom. The summed E-state index contributed by atoms with van der Waals surface area (Å²) in [4.78, 5) is 22.5. The Hall–Kier alpha value is -3.98. The van der Waals surface area contributed by atoms with E-state index in [0.29, 0.717) is 23.6 Å². The molecule has 9 heteroatoms. The topological polar surface area (TPSA) is 106 Å². The SMILES string of the molecule is O=C(NC(=S)NNc1ccc([N+](=O)[O-])cc1)c1ccc(OCc2ccccc2)cc1. The van der Waals surface area contributed by atoms with Gasteiger partial charge in [-0.2, -0.15) is 0 Å². The van der Waals surface area contributed by atoms with E-state index in [0.717, 1.165) is 5.56 Å². The highest BCUT2D eigenvalue weighted by Gasteiger charge is 2.09.